The van der Waals surface area contributed by atoms with E-state index in [1.54, 1.807) is 6.20 Å². The molecule has 8 rings (SSSR count). The Kier molecular flexibility index (Phi) is 6.12. The van der Waals surface area contributed by atoms with Crippen molar-refractivity contribution >= 4 is 21.9 Å². The summed E-state index contributed by atoms with van der Waals surface area (Å²) in [6.07, 6.45) is 3.68. The zero-order valence-electron chi connectivity index (χ0n) is 23.3. The van der Waals surface area contributed by atoms with Crippen molar-refractivity contribution in [3.8, 4) is 56.0 Å². The first-order valence-corrected chi connectivity index (χ1v) is 14.4. The van der Waals surface area contributed by atoms with Crippen LogP contribution in [0.25, 0.3) is 77.8 Å². The second kappa shape index (κ2) is 10.6. The predicted molar refractivity (Wildman–Crippen MR) is 176 cm³/mol. The summed E-state index contributed by atoms with van der Waals surface area (Å²) in [4.78, 5) is 9.26. The number of aromatic nitrogens is 2. The summed E-state index contributed by atoms with van der Waals surface area (Å²) in [7, 11) is 0. The van der Waals surface area contributed by atoms with E-state index in [2.05, 4.69) is 114 Å². The fourth-order valence-corrected chi connectivity index (χ4v) is 5.82. The molecule has 6 aromatic carbocycles. The molecule has 0 bridgehead atoms. The summed E-state index contributed by atoms with van der Waals surface area (Å²) in [6.45, 7) is 0. The number of oxazole rings is 1. The van der Waals surface area contributed by atoms with E-state index >= 15 is 0 Å². The van der Waals surface area contributed by atoms with Crippen LogP contribution in [-0.4, -0.2) is 9.97 Å². The molecule has 3 nitrogen and oxygen atoms in total. The van der Waals surface area contributed by atoms with E-state index in [-0.39, 0.29) is 0 Å². The van der Waals surface area contributed by atoms with Gasteiger partial charge in [0.1, 0.15) is 5.52 Å². The molecule has 0 amide bonds. The van der Waals surface area contributed by atoms with Gasteiger partial charge in [-0.3, -0.25) is 4.98 Å². The van der Waals surface area contributed by atoms with Crippen LogP contribution in [0.15, 0.2) is 162 Å². The summed E-state index contributed by atoms with van der Waals surface area (Å²) in [5.74, 6) is 0.618. The largest absolute Gasteiger partial charge is 0.436 e. The van der Waals surface area contributed by atoms with E-state index < -0.39 is 0 Å². The van der Waals surface area contributed by atoms with Gasteiger partial charge in [0.25, 0.3) is 0 Å². The van der Waals surface area contributed by atoms with Crippen molar-refractivity contribution in [3.05, 3.63) is 158 Å². The predicted octanol–water partition coefficient (Wildman–Crippen LogP) is 10.7. The average molecular weight is 551 g/mol. The molecule has 0 saturated carbocycles. The normalized spacial score (nSPS) is 11.3. The molecule has 0 radical (unpaired) electrons. The second-order valence-corrected chi connectivity index (χ2v) is 10.7. The second-order valence-electron chi connectivity index (χ2n) is 10.7. The molecule has 3 heteroatoms. The van der Waals surface area contributed by atoms with Gasteiger partial charge in [-0.25, -0.2) is 4.98 Å². The first-order valence-electron chi connectivity index (χ1n) is 14.4. The average Bonchev–Trinajstić information content (AvgIpc) is 3.53. The Morgan fingerprint density at radius 2 is 1.09 bits per heavy atom. The number of pyridine rings is 1. The van der Waals surface area contributed by atoms with Gasteiger partial charge in [-0.1, -0.05) is 115 Å². The number of nitrogens with zero attached hydrogens (tertiary/aromatic N) is 2. The van der Waals surface area contributed by atoms with E-state index in [0.29, 0.717) is 5.89 Å². The lowest BCUT2D eigenvalue weighted by molar-refractivity contribution is 0.620. The SMILES string of the molecule is c1ccc(-c2nc3c(-c4ccc(-c5cccnc5)cc4)cc(-c4ccc(-c5cccc6ccccc56)cc4)cc3o2)cc1. The van der Waals surface area contributed by atoms with E-state index in [4.69, 9.17) is 9.40 Å². The number of hydrogen-bond donors (Lipinski definition) is 0. The molecule has 0 N–H and O–H groups in total. The maximum atomic E-state index is 6.39. The van der Waals surface area contributed by atoms with Crippen molar-refractivity contribution in [2.45, 2.75) is 0 Å². The molecule has 0 saturated heterocycles. The molecule has 0 spiro atoms. The number of fused-ring (bicyclic) bond motifs is 2. The Labute approximate surface area is 249 Å². The van der Waals surface area contributed by atoms with Crippen LogP contribution in [0.2, 0.25) is 0 Å². The Bertz CT molecular complexity index is 2190. The lowest BCUT2D eigenvalue weighted by Gasteiger charge is -2.10. The van der Waals surface area contributed by atoms with Crippen LogP contribution < -0.4 is 0 Å². The van der Waals surface area contributed by atoms with Gasteiger partial charge in [0.15, 0.2) is 5.58 Å². The van der Waals surface area contributed by atoms with Crippen molar-refractivity contribution in [3.63, 3.8) is 0 Å². The van der Waals surface area contributed by atoms with Crippen LogP contribution in [0.4, 0.5) is 0 Å². The van der Waals surface area contributed by atoms with Gasteiger partial charge in [0, 0.05) is 23.5 Å². The first-order chi connectivity index (χ1) is 21.3. The van der Waals surface area contributed by atoms with Crippen LogP contribution >= 0.6 is 0 Å². The van der Waals surface area contributed by atoms with Crippen LogP contribution in [0, 0.1) is 0 Å². The minimum absolute atomic E-state index is 0.618. The topological polar surface area (TPSA) is 38.9 Å². The highest BCUT2D eigenvalue weighted by Crippen LogP contribution is 2.38. The molecule has 0 atom stereocenters. The van der Waals surface area contributed by atoms with Crippen LogP contribution in [-0.2, 0) is 0 Å². The standard InChI is InChI=1S/C40H26N2O/c1-2-9-32(10-3-1)40-42-39-37(31-21-15-27(16-22-31)33-12-7-23-41-26-33)24-34(25-38(39)43-40)28-17-19-30(20-18-28)36-14-6-11-29-8-4-5-13-35(29)36/h1-26H. The minimum Gasteiger partial charge on any atom is -0.436 e. The summed E-state index contributed by atoms with van der Waals surface area (Å²) in [5, 5.41) is 2.50. The molecule has 2 heterocycles. The highest BCUT2D eigenvalue weighted by atomic mass is 16.3. The number of rotatable bonds is 5. The molecule has 202 valence electrons. The van der Waals surface area contributed by atoms with Crippen molar-refractivity contribution in [2.75, 3.05) is 0 Å². The first kappa shape index (κ1) is 25.0. The molecule has 43 heavy (non-hydrogen) atoms. The molecule has 2 aromatic heterocycles. The molecule has 8 aromatic rings. The Balaban J connectivity index is 1.24. The van der Waals surface area contributed by atoms with Gasteiger partial charge in [-0.15, -0.1) is 0 Å². The van der Waals surface area contributed by atoms with Crippen molar-refractivity contribution in [1.29, 1.82) is 0 Å². The monoisotopic (exact) mass is 550 g/mol. The third-order valence-electron chi connectivity index (χ3n) is 8.03. The van der Waals surface area contributed by atoms with Gasteiger partial charge in [-0.05, 0) is 80.0 Å². The maximum absolute atomic E-state index is 6.39. The molecule has 0 aliphatic rings. The van der Waals surface area contributed by atoms with Crippen LogP contribution in [0.3, 0.4) is 0 Å². The highest BCUT2D eigenvalue weighted by Gasteiger charge is 2.16. The minimum atomic E-state index is 0.618. The van der Waals surface area contributed by atoms with E-state index in [1.165, 1.54) is 21.9 Å². The van der Waals surface area contributed by atoms with E-state index in [1.807, 2.05) is 42.6 Å². The van der Waals surface area contributed by atoms with Gasteiger partial charge in [-0.2, -0.15) is 0 Å². The number of hydrogen-bond acceptors (Lipinski definition) is 3. The van der Waals surface area contributed by atoms with Gasteiger partial charge in [0.05, 0.1) is 0 Å². The lowest BCUT2D eigenvalue weighted by atomic mass is 9.94. The number of benzene rings is 6. The molecule has 0 aliphatic carbocycles. The van der Waals surface area contributed by atoms with Gasteiger partial charge in [0.2, 0.25) is 5.89 Å². The van der Waals surface area contributed by atoms with Gasteiger partial charge >= 0.3 is 0 Å². The summed E-state index contributed by atoms with van der Waals surface area (Å²) in [6, 6.07) is 50.8. The summed E-state index contributed by atoms with van der Waals surface area (Å²) < 4.78 is 6.39. The van der Waals surface area contributed by atoms with Gasteiger partial charge < -0.3 is 4.42 Å². The lowest BCUT2D eigenvalue weighted by Crippen LogP contribution is -1.87. The van der Waals surface area contributed by atoms with E-state index in [0.717, 1.165) is 50.0 Å². The Morgan fingerprint density at radius 3 is 1.86 bits per heavy atom. The quantitative estimate of drug-likeness (QED) is 0.214. The highest BCUT2D eigenvalue weighted by molar-refractivity contribution is 5.98. The molecule has 0 unspecified atom stereocenters. The maximum Gasteiger partial charge on any atom is 0.227 e. The summed E-state index contributed by atoms with van der Waals surface area (Å²) >= 11 is 0. The summed E-state index contributed by atoms with van der Waals surface area (Å²) in [5.41, 5.74) is 11.5. The Hall–Kier alpha value is -5.80. The van der Waals surface area contributed by atoms with Crippen molar-refractivity contribution in [2.24, 2.45) is 0 Å². The van der Waals surface area contributed by atoms with Crippen LogP contribution in [0.1, 0.15) is 0 Å². The van der Waals surface area contributed by atoms with E-state index in [9.17, 15) is 0 Å². The third kappa shape index (κ3) is 4.67. The zero-order chi connectivity index (χ0) is 28.6. The molecular weight excluding hydrogens is 524 g/mol. The Morgan fingerprint density at radius 1 is 0.442 bits per heavy atom. The molecular formula is C40H26N2O. The van der Waals surface area contributed by atoms with Crippen LogP contribution in [0.5, 0.6) is 0 Å². The van der Waals surface area contributed by atoms with Crippen molar-refractivity contribution < 1.29 is 4.42 Å². The fourth-order valence-electron chi connectivity index (χ4n) is 5.82. The molecule has 0 aliphatic heterocycles. The molecule has 0 fully saturated rings. The fraction of sp³-hybridized carbons (Fsp3) is 0. The third-order valence-corrected chi connectivity index (χ3v) is 8.03. The smallest absolute Gasteiger partial charge is 0.227 e. The zero-order valence-corrected chi connectivity index (χ0v) is 23.3. The van der Waals surface area contributed by atoms with Crippen molar-refractivity contribution in [1.82, 2.24) is 9.97 Å².